The predicted octanol–water partition coefficient (Wildman–Crippen LogP) is 4.97. The number of H-pyrrole nitrogens is 1. The minimum Gasteiger partial charge on any atom is -0.507 e. The second-order valence-corrected chi connectivity index (χ2v) is 8.41. The van der Waals surface area contributed by atoms with Gasteiger partial charge in [0.25, 0.3) is 11.7 Å². The van der Waals surface area contributed by atoms with Gasteiger partial charge in [0.05, 0.1) is 30.5 Å². The van der Waals surface area contributed by atoms with E-state index in [1.807, 2.05) is 37.3 Å². The molecule has 1 amide bonds. The third-order valence-electron chi connectivity index (χ3n) is 6.09. The normalized spacial score (nSPS) is 17.3. The number of likely N-dealkylation sites (tertiary alicyclic amines) is 1. The first kappa shape index (κ1) is 22.4. The van der Waals surface area contributed by atoms with Crippen LogP contribution in [0.15, 0.2) is 84.7 Å². The van der Waals surface area contributed by atoms with Gasteiger partial charge in [-0.05, 0) is 36.8 Å². The highest BCUT2D eigenvalue weighted by Gasteiger charge is 2.47. The number of carbonyl (C=O) groups excluding carboxylic acids is 2. The number of aliphatic hydroxyl groups excluding tert-OH is 1. The molecule has 2 aromatic heterocycles. The topological polar surface area (TPSA) is 95.5 Å². The van der Waals surface area contributed by atoms with Crippen molar-refractivity contribution in [2.24, 2.45) is 0 Å². The number of amides is 1. The number of Topliss-reactive ketones (excluding diaryl/α,β-unsaturated/α-hetero) is 1. The Balaban J connectivity index is 1.66. The number of aliphatic hydroxyl groups is 1. The third-order valence-corrected chi connectivity index (χ3v) is 6.09. The van der Waals surface area contributed by atoms with Gasteiger partial charge in [-0.1, -0.05) is 43.3 Å². The maximum atomic E-state index is 13.3. The molecule has 4 aromatic rings. The van der Waals surface area contributed by atoms with E-state index in [1.54, 1.807) is 48.8 Å². The van der Waals surface area contributed by atoms with E-state index in [4.69, 9.17) is 4.74 Å². The monoisotopic (exact) mass is 467 g/mol. The van der Waals surface area contributed by atoms with Crippen LogP contribution in [-0.4, -0.2) is 38.3 Å². The first-order valence-electron chi connectivity index (χ1n) is 11.6. The zero-order chi connectivity index (χ0) is 24.4. The number of para-hydroxylation sites is 1. The maximum absolute atomic E-state index is 13.3. The summed E-state index contributed by atoms with van der Waals surface area (Å²) in [6.07, 6.45) is 4.28. The van der Waals surface area contributed by atoms with Gasteiger partial charge in [-0.3, -0.25) is 14.6 Å². The van der Waals surface area contributed by atoms with Gasteiger partial charge in [0, 0.05) is 34.4 Å². The Morgan fingerprint density at radius 2 is 1.91 bits per heavy atom. The first-order chi connectivity index (χ1) is 17.1. The summed E-state index contributed by atoms with van der Waals surface area (Å²) in [4.78, 5) is 35.7. The minimum atomic E-state index is -0.784. The zero-order valence-corrected chi connectivity index (χ0v) is 19.3. The minimum absolute atomic E-state index is 0.0447. The van der Waals surface area contributed by atoms with Gasteiger partial charge in [0.15, 0.2) is 0 Å². The molecule has 1 atom stereocenters. The van der Waals surface area contributed by atoms with Crippen LogP contribution in [0.2, 0.25) is 0 Å². The van der Waals surface area contributed by atoms with Crippen LogP contribution in [-0.2, 0) is 16.1 Å². The van der Waals surface area contributed by atoms with Crippen LogP contribution < -0.4 is 4.74 Å². The average molecular weight is 468 g/mol. The Morgan fingerprint density at radius 3 is 2.71 bits per heavy atom. The van der Waals surface area contributed by atoms with E-state index in [2.05, 4.69) is 9.97 Å². The maximum Gasteiger partial charge on any atom is 0.296 e. The summed E-state index contributed by atoms with van der Waals surface area (Å²) in [5.74, 6) is -1.05. The van der Waals surface area contributed by atoms with Crippen molar-refractivity contribution in [2.75, 3.05) is 6.61 Å². The Kier molecular flexibility index (Phi) is 6.06. The van der Waals surface area contributed by atoms with Crippen molar-refractivity contribution in [3.63, 3.8) is 0 Å². The fraction of sp³-hybridized carbons (Fsp3) is 0.179. The van der Waals surface area contributed by atoms with E-state index < -0.39 is 17.7 Å². The van der Waals surface area contributed by atoms with Crippen molar-refractivity contribution in [3.8, 4) is 5.75 Å². The van der Waals surface area contributed by atoms with Crippen LogP contribution in [0.25, 0.3) is 16.7 Å². The van der Waals surface area contributed by atoms with Crippen molar-refractivity contribution in [3.05, 3.63) is 102 Å². The number of aromatic amines is 1. The molecular weight excluding hydrogens is 442 g/mol. The predicted molar refractivity (Wildman–Crippen MR) is 133 cm³/mol. The molecule has 2 N–H and O–H groups in total. The number of benzene rings is 2. The Bertz CT molecular complexity index is 1420. The van der Waals surface area contributed by atoms with E-state index in [0.717, 1.165) is 22.9 Å². The van der Waals surface area contributed by atoms with Gasteiger partial charge in [0.1, 0.15) is 11.5 Å². The fourth-order valence-corrected chi connectivity index (χ4v) is 4.46. The van der Waals surface area contributed by atoms with Gasteiger partial charge < -0.3 is 19.7 Å². The molecule has 35 heavy (non-hydrogen) atoms. The molecule has 1 fully saturated rings. The molecule has 1 saturated heterocycles. The summed E-state index contributed by atoms with van der Waals surface area (Å²) < 4.78 is 5.70. The molecule has 1 aliphatic heterocycles. The fourth-order valence-electron chi connectivity index (χ4n) is 4.46. The van der Waals surface area contributed by atoms with E-state index in [9.17, 15) is 14.7 Å². The lowest BCUT2D eigenvalue weighted by Gasteiger charge is -2.24. The number of aromatic nitrogens is 2. The highest BCUT2D eigenvalue weighted by Crippen LogP contribution is 2.42. The largest absolute Gasteiger partial charge is 0.507 e. The molecule has 1 aliphatic rings. The van der Waals surface area contributed by atoms with Crippen molar-refractivity contribution in [1.29, 1.82) is 0 Å². The van der Waals surface area contributed by atoms with Crippen molar-refractivity contribution < 1.29 is 19.4 Å². The van der Waals surface area contributed by atoms with Crippen molar-refractivity contribution in [2.45, 2.75) is 25.9 Å². The second kappa shape index (κ2) is 9.46. The van der Waals surface area contributed by atoms with Crippen LogP contribution in [0.5, 0.6) is 5.75 Å². The number of hydrogen-bond acceptors (Lipinski definition) is 5. The molecule has 0 saturated carbocycles. The second-order valence-electron chi connectivity index (χ2n) is 8.41. The van der Waals surface area contributed by atoms with Crippen LogP contribution in [0.3, 0.4) is 0 Å². The lowest BCUT2D eigenvalue weighted by atomic mass is 9.95. The summed E-state index contributed by atoms with van der Waals surface area (Å²) in [6.45, 7) is 2.67. The lowest BCUT2D eigenvalue weighted by Crippen LogP contribution is -2.29. The lowest BCUT2D eigenvalue weighted by molar-refractivity contribution is -0.140. The number of fused-ring (bicyclic) bond motifs is 1. The molecule has 3 heterocycles. The molecule has 0 spiro atoms. The molecule has 7 nitrogen and oxygen atoms in total. The molecule has 2 aromatic carbocycles. The molecule has 1 unspecified atom stereocenters. The van der Waals surface area contributed by atoms with Gasteiger partial charge in [0.2, 0.25) is 0 Å². The Labute approximate surface area is 202 Å². The number of ether oxygens (including phenoxy) is 1. The van der Waals surface area contributed by atoms with E-state index in [1.165, 1.54) is 4.90 Å². The highest BCUT2D eigenvalue weighted by atomic mass is 16.5. The molecule has 5 rings (SSSR count). The quantitative estimate of drug-likeness (QED) is 0.227. The SMILES string of the molecule is CCCOc1cccc(/C(O)=C2\C(=O)C(=O)N(Cc3ccccn3)C2c2c[nH]c3ccccc23)c1. The average Bonchev–Trinajstić information content (AvgIpc) is 3.42. The van der Waals surface area contributed by atoms with Gasteiger partial charge in [-0.25, -0.2) is 0 Å². The Morgan fingerprint density at radius 1 is 1.09 bits per heavy atom. The van der Waals surface area contributed by atoms with Crippen molar-refractivity contribution in [1.82, 2.24) is 14.9 Å². The molecular formula is C28H25N3O4. The smallest absolute Gasteiger partial charge is 0.296 e. The number of nitrogens with zero attached hydrogens (tertiary/aromatic N) is 2. The highest BCUT2D eigenvalue weighted by molar-refractivity contribution is 6.46. The van der Waals surface area contributed by atoms with E-state index >= 15 is 0 Å². The summed E-state index contributed by atoms with van der Waals surface area (Å²) in [5, 5.41) is 12.3. The summed E-state index contributed by atoms with van der Waals surface area (Å²) in [5.41, 5.74) is 2.72. The summed E-state index contributed by atoms with van der Waals surface area (Å²) in [6, 6.07) is 19.3. The number of rotatable bonds is 7. The number of ketones is 1. The van der Waals surface area contributed by atoms with Gasteiger partial charge >= 0.3 is 0 Å². The van der Waals surface area contributed by atoms with Crippen LogP contribution in [0.1, 0.15) is 36.2 Å². The van der Waals surface area contributed by atoms with Crippen LogP contribution >= 0.6 is 0 Å². The summed E-state index contributed by atoms with van der Waals surface area (Å²) >= 11 is 0. The number of carbonyl (C=O) groups is 2. The van der Waals surface area contributed by atoms with E-state index in [-0.39, 0.29) is 17.9 Å². The Hall–Kier alpha value is -4.39. The van der Waals surface area contributed by atoms with Gasteiger partial charge in [-0.15, -0.1) is 0 Å². The third kappa shape index (κ3) is 4.17. The standard InChI is InChI=1S/C28H25N3O4/c1-2-14-35-20-10-7-8-18(15-20)26(32)24-25(22-16-30-23-12-4-3-11-21(22)23)31(28(34)27(24)33)17-19-9-5-6-13-29-19/h3-13,15-16,25,30,32H,2,14,17H2,1H3/b26-24+. The van der Waals surface area contributed by atoms with E-state index in [0.29, 0.717) is 23.6 Å². The molecule has 0 aliphatic carbocycles. The molecule has 0 bridgehead atoms. The van der Waals surface area contributed by atoms with Crippen LogP contribution in [0, 0.1) is 0 Å². The van der Waals surface area contributed by atoms with Crippen LogP contribution in [0.4, 0.5) is 0 Å². The van der Waals surface area contributed by atoms with Crippen molar-refractivity contribution >= 4 is 28.4 Å². The first-order valence-corrected chi connectivity index (χ1v) is 11.6. The number of hydrogen-bond donors (Lipinski definition) is 2. The zero-order valence-electron chi connectivity index (χ0n) is 19.3. The summed E-state index contributed by atoms with van der Waals surface area (Å²) in [7, 11) is 0. The number of nitrogens with one attached hydrogen (secondary N) is 1. The molecule has 7 heteroatoms. The number of pyridine rings is 1. The molecule has 176 valence electrons. The van der Waals surface area contributed by atoms with Gasteiger partial charge in [-0.2, -0.15) is 0 Å². The molecule has 0 radical (unpaired) electrons.